The highest BCUT2D eigenvalue weighted by molar-refractivity contribution is 5.94. The van der Waals surface area contributed by atoms with Gasteiger partial charge in [0.05, 0.1) is 0 Å². The first kappa shape index (κ1) is 13.9. The van der Waals surface area contributed by atoms with Gasteiger partial charge in [0.1, 0.15) is 6.10 Å². The van der Waals surface area contributed by atoms with Gasteiger partial charge in [-0.15, -0.1) is 0 Å². The number of amides is 1. The summed E-state index contributed by atoms with van der Waals surface area (Å²) < 4.78 is 4.88. The monoisotopic (exact) mass is 249 g/mol. The summed E-state index contributed by atoms with van der Waals surface area (Å²) in [6.07, 6.45) is 2.02. The van der Waals surface area contributed by atoms with Gasteiger partial charge in [-0.25, -0.2) is 4.79 Å². The van der Waals surface area contributed by atoms with E-state index in [0.717, 1.165) is 11.6 Å². The lowest BCUT2D eigenvalue weighted by Crippen LogP contribution is -2.26. The van der Waals surface area contributed by atoms with Crippen molar-refractivity contribution in [2.45, 2.75) is 13.0 Å². The fraction of sp³-hybridized carbons (Fsp3) is 0.231. The zero-order valence-electron chi connectivity index (χ0n) is 10.2. The molecular formula is C13H15NO4. The maximum atomic E-state index is 11.5. The summed E-state index contributed by atoms with van der Waals surface area (Å²) in [5.74, 6) is -1.23. The molecule has 0 saturated carbocycles. The molecule has 1 atom stereocenters. The number of methoxy groups -OCH3 is 1. The standard InChI is InChI=1S/C13H15NO4/c1-9(18-2)13(17)14-11-6-3-10(4-7-11)5-8-12(15)16/h3-9H,1-2H3,(H,14,17)(H,15,16)/b8-5+. The molecule has 18 heavy (non-hydrogen) atoms. The molecule has 0 aromatic heterocycles. The number of aliphatic carboxylic acids is 1. The van der Waals surface area contributed by atoms with Gasteiger partial charge in [-0.2, -0.15) is 0 Å². The Hall–Kier alpha value is -2.14. The molecule has 0 fully saturated rings. The minimum atomic E-state index is -0.999. The van der Waals surface area contributed by atoms with Crippen molar-refractivity contribution < 1.29 is 19.4 Å². The first-order valence-corrected chi connectivity index (χ1v) is 5.37. The predicted molar refractivity (Wildman–Crippen MR) is 68.2 cm³/mol. The van der Waals surface area contributed by atoms with Gasteiger partial charge in [0, 0.05) is 18.9 Å². The Kier molecular flexibility index (Phi) is 5.07. The molecule has 1 aromatic carbocycles. The summed E-state index contributed by atoms with van der Waals surface area (Å²) in [7, 11) is 1.46. The molecule has 0 aliphatic rings. The molecule has 5 heteroatoms. The van der Waals surface area contributed by atoms with Crippen LogP contribution in [0.4, 0.5) is 5.69 Å². The summed E-state index contributed by atoms with van der Waals surface area (Å²) in [6.45, 7) is 1.65. The second-order valence-electron chi connectivity index (χ2n) is 3.66. The van der Waals surface area contributed by atoms with Crippen LogP contribution in [-0.2, 0) is 14.3 Å². The van der Waals surface area contributed by atoms with Crippen LogP contribution >= 0.6 is 0 Å². The third-order valence-electron chi connectivity index (χ3n) is 2.32. The number of carbonyl (C=O) groups excluding carboxylic acids is 1. The van der Waals surface area contributed by atoms with Crippen molar-refractivity contribution in [2.75, 3.05) is 12.4 Å². The molecule has 0 spiro atoms. The van der Waals surface area contributed by atoms with E-state index < -0.39 is 12.1 Å². The number of hydrogen-bond donors (Lipinski definition) is 2. The van der Waals surface area contributed by atoms with Gasteiger partial charge in [-0.1, -0.05) is 12.1 Å². The van der Waals surface area contributed by atoms with E-state index in [-0.39, 0.29) is 5.91 Å². The van der Waals surface area contributed by atoms with Crippen LogP contribution in [0.3, 0.4) is 0 Å². The van der Waals surface area contributed by atoms with Crippen LogP contribution < -0.4 is 5.32 Å². The lowest BCUT2D eigenvalue weighted by atomic mass is 10.2. The van der Waals surface area contributed by atoms with Crippen LogP contribution in [0.15, 0.2) is 30.3 Å². The molecular weight excluding hydrogens is 234 g/mol. The first-order valence-electron chi connectivity index (χ1n) is 5.37. The fourth-order valence-electron chi connectivity index (χ4n) is 1.20. The van der Waals surface area contributed by atoms with Crippen molar-refractivity contribution in [2.24, 2.45) is 0 Å². The summed E-state index contributed by atoms with van der Waals surface area (Å²) in [5.41, 5.74) is 1.38. The Labute approximate surface area is 105 Å². The minimum absolute atomic E-state index is 0.230. The molecule has 0 heterocycles. The Bertz CT molecular complexity index is 451. The number of nitrogens with one attached hydrogen (secondary N) is 1. The van der Waals surface area contributed by atoms with Gasteiger partial charge in [-0.05, 0) is 30.7 Å². The number of hydrogen-bond acceptors (Lipinski definition) is 3. The van der Waals surface area contributed by atoms with Crippen LogP contribution in [0, 0.1) is 0 Å². The molecule has 0 aliphatic carbocycles. The normalized spacial score (nSPS) is 12.3. The molecule has 0 bridgehead atoms. The summed E-state index contributed by atoms with van der Waals surface area (Å²) in [5, 5.41) is 11.2. The molecule has 0 saturated heterocycles. The Morgan fingerprint density at radius 1 is 1.33 bits per heavy atom. The number of anilines is 1. The second-order valence-corrected chi connectivity index (χ2v) is 3.66. The Morgan fingerprint density at radius 3 is 2.44 bits per heavy atom. The van der Waals surface area contributed by atoms with Gasteiger partial charge in [0.2, 0.25) is 0 Å². The van der Waals surface area contributed by atoms with E-state index in [1.54, 1.807) is 31.2 Å². The van der Waals surface area contributed by atoms with E-state index in [0.29, 0.717) is 5.69 Å². The topological polar surface area (TPSA) is 75.6 Å². The van der Waals surface area contributed by atoms with Crippen molar-refractivity contribution in [1.82, 2.24) is 0 Å². The number of carboxylic acid groups (broad SMARTS) is 1. The molecule has 1 rings (SSSR count). The third kappa shape index (κ3) is 4.39. The van der Waals surface area contributed by atoms with Crippen molar-refractivity contribution in [3.8, 4) is 0 Å². The van der Waals surface area contributed by atoms with Gasteiger partial charge in [0.15, 0.2) is 0 Å². The van der Waals surface area contributed by atoms with Crippen LogP contribution in [0.5, 0.6) is 0 Å². The van der Waals surface area contributed by atoms with Gasteiger partial charge in [-0.3, -0.25) is 4.79 Å². The maximum absolute atomic E-state index is 11.5. The van der Waals surface area contributed by atoms with E-state index in [4.69, 9.17) is 9.84 Å². The maximum Gasteiger partial charge on any atom is 0.328 e. The molecule has 0 radical (unpaired) electrons. The highest BCUT2D eigenvalue weighted by Gasteiger charge is 2.10. The predicted octanol–water partition coefficient (Wildman–Crippen LogP) is 1.76. The molecule has 1 aromatic rings. The first-order chi connectivity index (χ1) is 8.52. The van der Waals surface area contributed by atoms with Crippen LogP contribution in [0.2, 0.25) is 0 Å². The van der Waals surface area contributed by atoms with E-state index in [2.05, 4.69) is 5.32 Å². The Balaban J connectivity index is 2.66. The second kappa shape index (κ2) is 6.56. The molecule has 2 N–H and O–H groups in total. The van der Waals surface area contributed by atoms with Crippen molar-refractivity contribution >= 4 is 23.6 Å². The van der Waals surface area contributed by atoms with Gasteiger partial charge < -0.3 is 15.2 Å². The SMILES string of the molecule is COC(C)C(=O)Nc1ccc(/C=C/C(=O)O)cc1. The molecule has 96 valence electrons. The summed E-state index contributed by atoms with van der Waals surface area (Å²) in [6, 6.07) is 6.82. The van der Waals surface area contributed by atoms with Gasteiger partial charge in [0.25, 0.3) is 5.91 Å². The number of ether oxygens (including phenoxy) is 1. The molecule has 1 unspecified atom stereocenters. The summed E-state index contributed by atoms with van der Waals surface area (Å²) >= 11 is 0. The smallest absolute Gasteiger partial charge is 0.328 e. The quantitative estimate of drug-likeness (QED) is 0.780. The zero-order valence-corrected chi connectivity index (χ0v) is 10.2. The van der Waals surface area contributed by atoms with Crippen LogP contribution in [0.1, 0.15) is 12.5 Å². The van der Waals surface area contributed by atoms with Crippen LogP contribution in [-0.4, -0.2) is 30.2 Å². The number of rotatable bonds is 5. The number of benzene rings is 1. The number of carbonyl (C=O) groups is 2. The lowest BCUT2D eigenvalue weighted by Gasteiger charge is -2.10. The number of carboxylic acids is 1. The largest absolute Gasteiger partial charge is 0.478 e. The van der Waals surface area contributed by atoms with E-state index in [1.807, 2.05) is 0 Å². The third-order valence-corrected chi connectivity index (χ3v) is 2.32. The average Bonchev–Trinajstić information content (AvgIpc) is 2.36. The average molecular weight is 249 g/mol. The molecule has 1 amide bonds. The molecule has 0 aliphatic heterocycles. The fourth-order valence-corrected chi connectivity index (χ4v) is 1.20. The van der Waals surface area contributed by atoms with E-state index >= 15 is 0 Å². The van der Waals surface area contributed by atoms with Crippen molar-refractivity contribution in [3.05, 3.63) is 35.9 Å². The highest BCUT2D eigenvalue weighted by Crippen LogP contribution is 2.11. The van der Waals surface area contributed by atoms with E-state index in [1.165, 1.54) is 13.2 Å². The van der Waals surface area contributed by atoms with Crippen LogP contribution in [0.25, 0.3) is 6.08 Å². The minimum Gasteiger partial charge on any atom is -0.478 e. The zero-order chi connectivity index (χ0) is 13.5. The van der Waals surface area contributed by atoms with Crippen molar-refractivity contribution in [3.63, 3.8) is 0 Å². The van der Waals surface area contributed by atoms with E-state index in [9.17, 15) is 9.59 Å². The molecule has 5 nitrogen and oxygen atoms in total. The summed E-state index contributed by atoms with van der Waals surface area (Å²) in [4.78, 5) is 21.9. The Morgan fingerprint density at radius 2 is 1.94 bits per heavy atom. The highest BCUT2D eigenvalue weighted by atomic mass is 16.5. The lowest BCUT2D eigenvalue weighted by molar-refractivity contribution is -0.131. The van der Waals surface area contributed by atoms with Crippen molar-refractivity contribution in [1.29, 1.82) is 0 Å². The van der Waals surface area contributed by atoms with Gasteiger partial charge >= 0.3 is 5.97 Å².